The van der Waals surface area contributed by atoms with Gasteiger partial charge in [0.2, 0.25) is 5.95 Å². The smallest absolute Gasteiger partial charge is 0.226 e. The van der Waals surface area contributed by atoms with Crippen molar-refractivity contribution in [1.29, 1.82) is 0 Å². The number of aryl methyl sites for hydroxylation is 1. The van der Waals surface area contributed by atoms with Crippen LogP contribution in [0.5, 0.6) is 0 Å². The predicted molar refractivity (Wildman–Crippen MR) is 91.4 cm³/mol. The van der Waals surface area contributed by atoms with E-state index in [0.717, 1.165) is 34.4 Å². The summed E-state index contributed by atoms with van der Waals surface area (Å²) in [5.74, 6) is 2.49. The van der Waals surface area contributed by atoms with Crippen molar-refractivity contribution in [3.8, 4) is 0 Å². The first-order valence-electron chi connectivity index (χ1n) is 7.96. The summed E-state index contributed by atoms with van der Waals surface area (Å²) in [6, 6.07) is 2.67. The van der Waals surface area contributed by atoms with E-state index in [-0.39, 0.29) is 0 Å². The van der Waals surface area contributed by atoms with E-state index < -0.39 is 0 Å². The van der Waals surface area contributed by atoms with E-state index in [9.17, 15) is 0 Å². The molecule has 2 aromatic heterocycles. The normalized spacial score (nSPS) is 17.3. The zero-order chi connectivity index (χ0) is 14.8. The molecule has 2 aromatic rings. The van der Waals surface area contributed by atoms with Crippen molar-refractivity contribution in [2.75, 3.05) is 17.2 Å². The molecule has 1 aliphatic rings. The molecule has 2 heterocycles. The maximum absolute atomic E-state index is 4.69. The van der Waals surface area contributed by atoms with Gasteiger partial charge in [-0.25, -0.2) is 4.98 Å². The molecule has 1 aliphatic carbocycles. The second-order valence-corrected chi connectivity index (χ2v) is 7.21. The zero-order valence-corrected chi connectivity index (χ0v) is 13.9. The summed E-state index contributed by atoms with van der Waals surface area (Å²) in [5, 5.41) is 8.05. The van der Waals surface area contributed by atoms with Crippen molar-refractivity contribution in [2.24, 2.45) is 5.92 Å². The number of nitrogens with one attached hydrogen (secondary N) is 2. The topological polar surface area (TPSA) is 49.8 Å². The lowest BCUT2D eigenvalue weighted by Gasteiger charge is -2.21. The van der Waals surface area contributed by atoms with Crippen LogP contribution in [0.2, 0.25) is 0 Å². The molecule has 114 valence electrons. The molecule has 1 atom stereocenters. The Hall–Kier alpha value is -1.36. The summed E-state index contributed by atoms with van der Waals surface area (Å²) in [5.41, 5.74) is 0. The molecule has 1 unspecified atom stereocenters. The van der Waals surface area contributed by atoms with Gasteiger partial charge in [-0.15, -0.1) is 11.3 Å². The number of fused-ring (bicyclic) bond motifs is 1. The van der Waals surface area contributed by atoms with Gasteiger partial charge in [0, 0.05) is 17.5 Å². The van der Waals surface area contributed by atoms with Gasteiger partial charge in [0.15, 0.2) is 0 Å². The summed E-state index contributed by atoms with van der Waals surface area (Å²) in [7, 11) is 0. The number of hydrogen-bond acceptors (Lipinski definition) is 5. The SMILES string of the molecule is CCNc1nc(NC(C)C2CCCC2)c2cc(C)sc2n1. The molecule has 1 fully saturated rings. The molecule has 1 saturated carbocycles. The minimum absolute atomic E-state index is 0.472. The van der Waals surface area contributed by atoms with E-state index in [1.165, 1.54) is 30.6 Å². The molecule has 0 saturated heterocycles. The highest BCUT2D eigenvalue weighted by Gasteiger charge is 2.22. The molecule has 4 nitrogen and oxygen atoms in total. The van der Waals surface area contributed by atoms with Crippen molar-refractivity contribution in [2.45, 2.75) is 52.5 Å². The van der Waals surface area contributed by atoms with Gasteiger partial charge in [-0.3, -0.25) is 0 Å². The summed E-state index contributed by atoms with van der Waals surface area (Å²) in [6.07, 6.45) is 5.42. The minimum atomic E-state index is 0.472. The molecule has 0 radical (unpaired) electrons. The lowest BCUT2D eigenvalue weighted by molar-refractivity contribution is 0.481. The van der Waals surface area contributed by atoms with Crippen LogP contribution in [0.3, 0.4) is 0 Å². The van der Waals surface area contributed by atoms with E-state index in [1.807, 2.05) is 0 Å². The molecular weight excluding hydrogens is 280 g/mol. The molecule has 21 heavy (non-hydrogen) atoms. The Morgan fingerprint density at radius 3 is 2.81 bits per heavy atom. The van der Waals surface area contributed by atoms with Crippen molar-refractivity contribution >= 4 is 33.3 Å². The summed E-state index contributed by atoms with van der Waals surface area (Å²) < 4.78 is 0. The molecular formula is C16H24N4S. The van der Waals surface area contributed by atoms with Crippen molar-refractivity contribution in [3.63, 3.8) is 0 Å². The van der Waals surface area contributed by atoms with Gasteiger partial charge >= 0.3 is 0 Å². The largest absolute Gasteiger partial charge is 0.367 e. The number of nitrogens with zero attached hydrogens (tertiary/aromatic N) is 2. The number of aromatic nitrogens is 2. The van der Waals surface area contributed by atoms with E-state index >= 15 is 0 Å². The van der Waals surface area contributed by atoms with E-state index in [2.05, 4.69) is 47.4 Å². The lowest BCUT2D eigenvalue weighted by atomic mass is 10.00. The van der Waals surface area contributed by atoms with Crippen LogP contribution in [0.25, 0.3) is 10.2 Å². The Morgan fingerprint density at radius 2 is 2.10 bits per heavy atom. The first kappa shape index (κ1) is 14.6. The molecule has 0 aromatic carbocycles. The minimum Gasteiger partial charge on any atom is -0.367 e. The second kappa shape index (κ2) is 6.18. The fourth-order valence-corrected chi connectivity index (χ4v) is 4.06. The van der Waals surface area contributed by atoms with Crippen LogP contribution in [0.1, 0.15) is 44.4 Å². The number of hydrogen-bond donors (Lipinski definition) is 2. The predicted octanol–water partition coefficient (Wildman–Crippen LogP) is 4.42. The maximum Gasteiger partial charge on any atom is 0.226 e. The van der Waals surface area contributed by atoms with Gasteiger partial charge < -0.3 is 10.6 Å². The van der Waals surface area contributed by atoms with Crippen LogP contribution in [-0.2, 0) is 0 Å². The van der Waals surface area contributed by atoms with Crippen LogP contribution >= 0.6 is 11.3 Å². The van der Waals surface area contributed by atoms with Crippen LogP contribution in [0.15, 0.2) is 6.07 Å². The Balaban J connectivity index is 1.91. The number of thiophene rings is 1. The van der Waals surface area contributed by atoms with Crippen LogP contribution < -0.4 is 10.6 Å². The van der Waals surface area contributed by atoms with Gasteiger partial charge in [-0.1, -0.05) is 12.8 Å². The third-order valence-electron chi connectivity index (χ3n) is 4.32. The number of anilines is 2. The van der Waals surface area contributed by atoms with Crippen LogP contribution in [-0.4, -0.2) is 22.6 Å². The van der Waals surface area contributed by atoms with Crippen molar-refractivity contribution < 1.29 is 0 Å². The highest BCUT2D eigenvalue weighted by molar-refractivity contribution is 7.18. The Labute approximate surface area is 130 Å². The van der Waals surface area contributed by atoms with Gasteiger partial charge in [0.1, 0.15) is 10.6 Å². The molecule has 3 rings (SSSR count). The average molecular weight is 304 g/mol. The van der Waals surface area contributed by atoms with Crippen LogP contribution in [0.4, 0.5) is 11.8 Å². The molecule has 0 amide bonds. The Morgan fingerprint density at radius 1 is 1.33 bits per heavy atom. The van der Waals surface area contributed by atoms with Gasteiger partial charge in [-0.2, -0.15) is 4.98 Å². The third kappa shape index (κ3) is 3.12. The quantitative estimate of drug-likeness (QED) is 0.858. The van der Waals surface area contributed by atoms with Gasteiger partial charge in [-0.05, 0) is 45.6 Å². The standard InChI is InChI=1S/C16H24N4S/c1-4-17-16-19-14(13-9-10(2)21-15(13)20-16)18-11(3)12-7-5-6-8-12/h9,11-12H,4-8H2,1-3H3,(H2,17,18,19,20). The lowest BCUT2D eigenvalue weighted by Crippen LogP contribution is -2.24. The van der Waals surface area contributed by atoms with E-state index in [1.54, 1.807) is 11.3 Å². The Bertz CT molecular complexity index is 616. The van der Waals surface area contributed by atoms with Crippen LogP contribution in [0, 0.1) is 12.8 Å². The summed E-state index contributed by atoms with van der Waals surface area (Å²) >= 11 is 1.73. The zero-order valence-electron chi connectivity index (χ0n) is 13.1. The molecule has 0 aliphatic heterocycles. The highest BCUT2D eigenvalue weighted by Crippen LogP contribution is 2.33. The monoisotopic (exact) mass is 304 g/mol. The molecule has 0 bridgehead atoms. The molecule has 0 spiro atoms. The number of rotatable bonds is 5. The Kier molecular flexibility index (Phi) is 4.29. The van der Waals surface area contributed by atoms with Crippen molar-refractivity contribution in [1.82, 2.24) is 9.97 Å². The maximum atomic E-state index is 4.69. The fraction of sp³-hybridized carbons (Fsp3) is 0.625. The van der Waals surface area contributed by atoms with Crippen molar-refractivity contribution in [3.05, 3.63) is 10.9 Å². The first-order chi connectivity index (χ1) is 10.2. The summed E-state index contributed by atoms with van der Waals surface area (Å²) in [4.78, 5) is 11.6. The molecule has 2 N–H and O–H groups in total. The summed E-state index contributed by atoms with van der Waals surface area (Å²) in [6.45, 7) is 7.33. The van der Waals surface area contributed by atoms with Gasteiger partial charge in [0.05, 0.1) is 5.39 Å². The van der Waals surface area contributed by atoms with E-state index in [4.69, 9.17) is 0 Å². The fourth-order valence-electron chi connectivity index (χ4n) is 3.18. The molecule has 5 heteroatoms. The third-order valence-corrected chi connectivity index (χ3v) is 5.27. The first-order valence-corrected chi connectivity index (χ1v) is 8.77. The van der Waals surface area contributed by atoms with E-state index in [0.29, 0.717) is 6.04 Å². The average Bonchev–Trinajstić information content (AvgIpc) is 3.07. The highest BCUT2D eigenvalue weighted by atomic mass is 32.1. The second-order valence-electron chi connectivity index (χ2n) is 5.98. The van der Waals surface area contributed by atoms with Gasteiger partial charge in [0.25, 0.3) is 0 Å².